The molecule has 2 aliphatic rings. The third-order valence-electron chi connectivity index (χ3n) is 3.81. The van der Waals surface area contributed by atoms with Crippen molar-refractivity contribution in [1.82, 2.24) is 10.6 Å². The van der Waals surface area contributed by atoms with Gasteiger partial charge >= 0.3 is 0 Å². The summed E-state index contributed by atoms with van der Waals surface area (Å²) in [5.41, 5.74) is 1.29. The normalized spacial score (nSPS) is 23.9. The van der Waals surface area contributed by atoms with Crippen LogP contribution in [0.5, 0.6) is 11.5 Å². The minimum atomic E-state index is 0.385. The zero-order valence-electron chi connectivity index (χ0n) is 10.7. The number of rotatable bonds is 3. The smallest absolute Gasteiger partial charge is 0.161 e. The molecule has 0 amide bonds. The number of ether oxygens (including phenoxy) is 2. The minimum Gasteiger partial charge on any atom is -0.486 e. The fourth-order valence-corrected chi connectivity index (χ4v) is 2.89. The predicted molar refractivity (Wildman–Crippen MR) is 70.2 cm³/mol. The van der Waals surface area contributed by atoms with Crippen LogP contribution in [0.2, 0.25) is 0 Å². The van der Waals surface area contributed by atoms with Crippen molar-refractivity contribution < 1.29 is 9.47 Å². The quantitative estimate of drug-likeness (QED) is 0.847. The van der Waals surface area contributed by atoms with Gasteiger partial charge in [0.1, 0.15) is 13.2 Å². The molecule has 0 radical (unpaired) electrons. The van der Waals surface area contributed by atoms with Crippen molar-refractivity contribution in [1.29, 1.82) is 0 Å². The van der Waals surface area contributed by atoms with Crippen LogP contribution in [0.4, 0.5) is 0 Å². The first-order chi connectivity index (χ1) is 8.88. The molecule has 2 unspecified atom stereocenters. The van der Waals surface area contributed by atoms with E-state index >= 15 is 0 Å². The highest BCUT2D eigenvalue weighted by atomic mass is 16.6. The van der Waals surface area contributed by atoms with Gasteiger partial charge in [-0.1, -0.05) is 6.07 Å². The average Bonchev–Trinajstić information content (AvgIpc) is 2.93. The van der Waals surface area contributed by atoms with E-state index in [4.69, 9.17) is 9.47 Å². The van der Waals surface area contributed by atoms with Gasteiger partial charge in [0.05, 0.1) is 0 Å². The highest BCUT2D eigenvalue weighted by Crippen LogP contribution is 2.35. The Morgan fingerprint density at radius 1 is 1.28 bits per heavy atom. The maximum Gasteiger partial charge on any atom is 0.161 e. The van der Waals surface area contributed by atoms with Crippen molar-refractivity contribution in [2.24, 2.45) is 5.92 Å². The lowest BCUT2D eigenvalue weighted by atomic mass is 9.92. The zero-order chi connectivity index (χ0) is 12.4. The molecule has 18 heavy (non-hydrogen) atoms. The molecule has 0 spiro atoms. The topological polar surface area (TPSA) is 42.5 Å². The molecule has 3 rings (SSSR count). The second kappa shape index (κ2) is 5.16. The van der Waals surface area contributed by atoms with E-state index in [2.05, 4.69) is 22.8 Å². The van der Waals surface area contributed by atoms with Crippen molar-refractivity contribution in [2.75, 3.05) is 33.4 Å². The van der Waals surface area contributed by atoms with Crippen LogP contribution >= 0.6 is 0 Å². The summed E-state index contributed by atoms with van der Waals surface area (Å²) < 4.78 is 11.2. The first-order valence-electron chi connectivity index (χ1n) is 6.66. The number of fused-ring (bicyclic) bond motifs is 1. The van der Waals surface area contributed by atoms with Crippen molar-refractivity contribution in [3.8, 4) is 11.5 Å². The summed E-state index contributed by atoms with van der Waals surface area (Å²) in [5.74, 6) is 2.40. The summed E-state index contributed by atoms with van der Waals surface area (Å²) in [5, 5.41) is 6.85. The van der Waals surface area contributed by atoms with Gasteiger partial charge in [0.25, 0.3) is 0 Å². The van der Waals surface area contributed by atoms with Crippen molar-refractivity contribution >= 4 is 0 Å². The van der Waals surface area contributed by atoms with Gasteiger partial charge in [0.2, 0.25) is 0 Å². The Morgan fingerprint density at radius 2 is 2.11 bits per heavy atom. The third-order valence-corrected chi connectivity index (χ3v) is 3.81. The molecule has 2 aliphatic heterocycles. The van der Waals surface area contributed by atoms with Crippen LogP contribution in [0.3, 0.4) is 0 Å². The van der Waals surface area contributed by atoms with E-state index in [1.54, 1.807) is 0 Å². The molecule has 2 heterocycles. The summed E-state index contributed by atoms with van der Waals surface area (Å²) >= 11 is 0. The fourth-order valence-electron chi connectivity index (χ4n) is 2.89. The first-order valence-corrected chi connectivity index (χ1v) is 6.66. The number of hydrogen-bond donors (Lipinski definition) is 2. The minimum absolute atomic E-state index is 0.385. The molecular formula is C14H20N2O2. The Kier molecular flexibility index (Phi) is 3.39. The lowest BCUT2D eigenvalue weighted by Gasteiger charge is -2.25. The van der Waals surface area contributed by atoms with Gasteiger partial charge in [-0.3, -0.25) is 0 Å². The van der Waals surface area contributed by atoms with Crippen LogP contribution in [0.25, 0.3) is 0 Å². The van der Waals surface area contributed by atoms with Crippen LogP contribution in [0, 0.1) is 5.92 Å². The monoisotopic (exact) mass is 248 g/mol. The van der Waals surface area contributed by atoms with Crippen molar-refractivity contribution in [2.45, 2.75) is 12.5 Å². The maximum absolute atomic E-state index is 5.65. The van der Waals surface area contributed by atoms with Crippen LogP contribution in [-0.4, -0.2) is 33.4 Å². The molecule has 98 valence electrons. The van der Waals surface area contributed by atoms with Crippen LogP contribution < -0.4 is 20.1 Å². The summed E-state index contributed by atoms with van der Waals surface area (Å²) in [6.07, 6.45) is 1.22. The number of benzene rings is 1. The van der Waals surface area contributed by atoms with Gasteiger partial charge in [-0.05, 0) is 50.2 Å². The van der Waals surface area contributed by atoms with Crippen LogP contribution in [0.15, 0.2) is 18.2 Å². The summed E-state index contributed by atoms with van der Waals surface area (Å²) in [6.45, 7) is 3.49. The molecule has 0 bridgehead atoms. The van der Waals surface area contributed by atoms with Gasteiger partial charge < -0.3 is 20.1 Å². The summed E-state index contributed by atoms with van der Waals surface area (Å²) in [7, 11) is 2.03. The van der Waals surface area contributed by atoms with Gasteiger partial charge in [-0.2, -0.15) is 0 Å². The SMILES string of the molecule is CNC(c1ccc2c(c1)OCCO2)C1CCNC1. The van der Waals surface area contributed by atoms with Gasteiger partial charge in [0, 0.05) is 6.04 Å². The molecular weight excluding hydrogens is 228 g/mol. The van der Waals surface area contributed by atoms with E-state index < -0.39 is 0 Å². The Morgan fingerprint density at radius 3 is 2.83 bits per heavy atom. The highest BCUT2D eigenvalue weighted by molar-refractivity contribution is 5.44. The van der Waals surface area contributed by atoms with E-state index in [1.165, 1.54) is 12.0 Å². The van der Waals surface area contributed by atoms with Crippen molar-refractivity contribution in [3.05, 3.63) is 23.8 Å². The first kappa shape index (κ1) is 11.8. The standard InChI is InChI=1S/C14H20N2O2/c1-15-14(11-4-5-16-9-11)10-2-3-12-13(8-10)18-7-6-17-12/h2-3,8,11,14-16H,4-7,9H2,1H3. The van der Waals surface area contributed by atoms with Crippen LogP contribution in [0.1, 0.15) is 18.0 Å². The molecule has 0 saturated carbocycles. The number of hydrogen-bond acceptors (Lipinski definition) is 4. The van der Waals surface area contributed by atoms with E-state index in [9.17, 15) is 0 Å². The van der Waals surface area contributed by atoms with Gasteiger partial charge in [0.15, 0.2) is 11.5 Å². The Hall–Kier alpha value is -1.26. The molecule has 0 aromatic heterocycles. The molecule has 1 fully saturated rings. The molecule has 0 aliphatic carbocycles. The van der Waals surface area contributed by atoms with E-state index in [-0.39, 0.29) is 0 Å². The lowest BCUT2D eigenvalue weighted by molar-refractivity contribution is 0.171. The largest absolute Gasteiger partial charge is 0.486 e. The fraction of sp³-hybridized carbons (Fsp3) is 0.571. The molecule has 1 aromatic rings. The van der Waals surface area contributed by atoms with Crippen molar-refractivity contribution in [3.63, 3.8) is 0 Å². The van der Waals surface area contributed by atoms with Gasteiger partial charge in [-0.15, -0.1) is 0 Å². The third kappa shape index (κ3) is 2.18. The summed E-state index contributed by atoms with van der Waals surface area (Å²) in [4.78, 5) is 0. The molecule has 2 atom stereocenters. The second-order valence-electron chi connectivity index (χ2n) is 4.92. The molecule has 1 saturated heterocycles. The van der Waals surface area contributed by atoms with Gasteiger partial charge in [-0.25, -0.2) is 0 Å². The zero-order valence-corrected chi connectivity index (χ0v) is 10.7. The molecule has 2 N–H and O–H groups in total. The molecule has 1 aromatic carbocycles. The number of nitrogens with one attached hydrogen (secondary N) is 2. The molecule has 4 nitrogen and oxygen atoms in total. The van der Waals surface area contributed by atoms with E-state index in [1.807, 2.05) is 13.1 Å². The predicted octanol–water partition coefficient (Wildman–Crippen LogP) is 1.33. The Balaban J connectivity index is 1.85. The summed E-state index contributed by atoms with van der Waals surface area (Å²) in [6, 6.07) is 6.67. The Bertz CT molecular complexity index is 416. The maximum atomic E-state index is 5.65. The second-order valence-corrected chi connectivity index (χ2v) is 4.92. The molecule has 4 heteroatoms. The highest BCUT2D eigenvalue weighted by Gasteiger charge is 2.26. The average molecular weight is 248 g/mol. The van der Waals surface area contributed by atoms with E-state index in [0.29, 0.717) is 25.2 Å². The van der Waals surface area contributed by atoms with Crippen LogP contribution in [-0.2, 0) is 0 Å². The Labute approximate surface area is 108 Å². The lowest BCUT2D eigenvalue weighted by Crippen LogP contribution is -2.27. The van der Waals surface area contributed by atoms with E-state index in [0.717, 1.165) is 24.6 Å².